The van der Waals surface area contributed by atoms with Crippen molar-refractivity contribution in [1.82, 2.24) is 4.98 Å². The molecule has 5 rings (SSSR count). The molecule has 1 spiro atoms. The van der Waals surface area contributed by atoms with Gasteiger partial charge in [-0.05, 0) is 54.8 Å². The molecule has 0 bridgehead atoms. The minimum absolute atomic E-state index is 0.0996. The van der Waals surface area contributed by atoms with Crippen LogP contribution in [0.15, 0.2) is 78.0 Å². The second kappa shape index (κ2) is 9.08. The van der Waals surface area contributed by atoms with Crippen molar-refractivity contribution in [1.29, 1.82) is 0 Å². The standard InChI is InChI=1S/C25H20F3N5O5S/c1-15-13-24(15)21(34)32(17-7-9-18(10-8-17)39(37,38)25(26,27)28)23(36)33(24)20-11-12-29-14-19(20)31-22(35)30-16-5-3-2-4-6-16/h2-12,14-15H,13H2,1H3,(H2,30,31,35). The highest BCUT2D eigenvalue weighted by Crippen LogP contribution is 2.56. The summed E-state index contributed by atoms with van der Waals surface area (Å²) < 4.78 is 62.2. The molecule has 3 aromatic rings. The number of benzene rings is 2. The van der Waals surface area contributed by atoms with Gasteiger partial charge >= 0.3 is 17.6 Å². The maximum absolute atomic E-state index is 13.7. The molecule has 202 valence electrons. The molecule has 2 aromatic carbocycles. The molecule has 0 radical (unpaired) electrons. The maximum atomic E-state index is 13.7. The van der Waals surface area contributed by atoms with E-state index in [1.807, 2.05) is 0 Å². The van der Waals surface area contributed by atoms with Crippen molar-refractivity contribution in [2.75, 3.05) is 20.4 Å². The Morgan fingerprint density at radius 1 is 1.03 bits per heavy atom. The highest BCUT2D eigenvalue weighted by atomic mass is 32.2. The van der Waals surface area contributed by atoms with Gasteiger partial charge in [0, 0.05) is 11.9 Å². The molecule has 2 unspecified atom stereocenters. The molecule has 5 amide bonds. The van der Waals surface area contributed by atoms with Crippen LogP contribution in [0.4, 0.5) is 45.5 Å². The van der Waals surface area contributed by atoms with Gasteiger partial charge in [0.05, 0.1) is 28.2 Å². The number of imide groups is 1. The summed E-state index contributed by atoms with van der Waals surface area (Å²) in [4.78, 5) is 44.9. The Labute approximate surface area is 220 Å². The zero-order valence-electron chi connectivity index (χ0n) is 20.1. The average molecular weight is 560 g/mol. The third kappa shape index (κ3) is 4.26. The first-order valence-corrected chi connectivity index (χ1v) is 13.0. The van der Waals surface area contributed by atoms with Crippen LogP contribution in [0.2, 0.25) is 0 Å². The molecule has 2 atom stereocenters. The van der Waals surface area contributed by atoms with Gasteiger partial charge in [0.15, 0.2) is 0 Å². The lowest BCUT2D eigenvalue weighted by molar-refractivity contribution is -0.119. The number of nitrogens with one attached hydrogen (secondary N) is 2. The number of rotatable bonds is 5. The second-order valence-corrected chi connectivity index (χ2v) is 11.0. The lowest BCUT2D eigenvalue weighted by Gasteiger charge is -2.24. The number of pyridine rings is 1. The number of para-hydroxylation sites is 1. The number of carbonyl (C=O) groups excluding carboxylic acids is 3. The van der Waals surface area contributed by atoms with Crippen LogP contribution in [0.3, 0.4) is 0 Å². The van der Waals surface area contributed by atoms with Crippen LogP contribution in [0.25, 0.3) is 0 Å². The van der Waals surface area contributed by atoms with Gasteiger partial charge in [0.2, 0.25) is 0 Å². The second-order valence-electron chi connectivity index (χ2n) is 9.07. The molecule has 2 fully saturated rings. The quantitative estimate of drug-likeness (QED) is 0.434. The SMILES string of the molecule is CC1CC12C(=O)N(c1ccc(S(=O)(=O)C(F)(F)F)cc1)C(=O)N2c1ccncc1NC(=O)Nc1ccccc1. The number of urea groups is 2. The molecule has 1 saturated carbocycles. The molecule has 1 saturated heterocycles. The van der Waals surface area contributed by atoms with E-state index in [4.69, 9.17) is 0 Å². The van der Waals surface area contributed by atoms with E-state index in [9.17, 15) is 36.0 Å². The number of alkyl halides is 3. The molecule has 2 N–H and O–H groups in total. The van der Waals surface area contributed by atoms with Gasteiger partial charge in [-0.2, -0.15) is 13.2 Å². The Morgan fingerprint density at radius 2 is 1.67 bits per heavy atom. The van der Waals surface area contributed by atoms with Crippen LogP contribution >= 0.6 is 0 Å². The topological polar surface area (TPSA) is 129 Å². The van der Waals surface area contributed by atoms with E-state index in [1.165, 1.54) is 23.4 Å². The average Bonchev–Trinajstić information content (AvgIpc) is 3.50. The largest absolute Gasteiger partial charge is 0.501 e. The number of hydrogen-bond acceptors (Lipinski definition) is 6. The Balaban J connectivity index is 1.47. The number of carbonyl (C=O) groups is 3. The van der Waals surface area contributed by atoms with Gasteiger partial charge < -0.3 is 10.6 Å². The molecule has 14 heteroatoms. The van der Waals surface area contributed by atoms with Crippen LogP contribution in [-0.4, -0.2) is 42.4 Å². The predicted molar refractivity (Wildman–Crippen MR) is 135 cm³/mol. The number of sulfone groups is 1. The molecule has 2 heterocycles. The maximum Gasteiger partial charge on any atom is 0.501 e. The molecular formula is C25H20F3N5O5S. The van der Waals surface area contributed by atoms with Crippen molar-refractivity contribution in [3.8, 4) is 0 Å². The van der Waals surface area contributed by atoms with Crippen molar-refractivity contribution in [2.24, 2.45) is 5.92 Å². The zero-order valence-corrected chi connectivity index (χ0v) is 21.0. The van der Waals surface area contributed by atoms with Crippen molar-refractivity contribution >= 4 is 50.6 Å². The van der Waals surface area contributed by atoms with E-state index < -0.39 is 43.7 Å². The van der Waals surface area contributed by atoms with Crippen molar-refractivity contribution in [2.45, 2.75) is 29.3 Å². The number of amides is 5. The Kier molecular flexibility index (Phi) is 6.09. The molecule has 2 aliphatic rings. The summed E-state index contributed by atoms with van der Waals surface area (Å²) in [7, 11) is -5.61. The summed E-state index contributed by atoms with van der Waals surface area (Å²) >= 11 is 0. The first-order valence-electron chi connectivity index (χ1n) is 11.5. The fourth-order valence-electron chi connectivity index (χ4n) is 4.60. The summed E-state index contributed by atoms with van der Waals surface area (Å²) in [5, 5.41) is 5.28. The van der Waals surface area contributed by atoms with Crippen molar-refractivity contribution in [3.05, 3.63) is 73.1 Å². The number of anilines is 4. The van der Waals surface area contributed by atoms with Gasteiger partial charge in [-0.15, -0.1) is 0 Å². The Bertz CT molecular complexity index is 1580. The zero-order chi connectivity index (χ0) is 28.2. The van der Waals surface area contributed by atoms with Crippen molar-refractivity contribution in [3.63, 3.8) is 0 Å². The minimum Gasteiger partial charge on any atom is -0.308 e. The van der Waals surface area contributed by atoms with E-state index in [0.717, 1.165) is 17.0 Å². The van der Waals surface area contributed by atoms with E-state index in [0.29, 0.717) is 24.2 Å². The van der Waals surface area contributed by atoms with Crippen LogP contribution in [-0.2, 0) is 14.6 Å². The van der Waals surface area contributed by atoms with E-state index in [2.05, 4.69) is 15.6 Å². The molecule has 1 aliphatic carbocycles. The van der Waals surface area contributed by atoms with Crippen molar-refractivity contribution < 1.29 is 36.0 Å². The van der Waals surface area contributed by atoms with Crippen LogP contribution in [0.1, 0.15) is 13.3 Å². The third-order valence-electron chi connectivity index (χ3n) is 6.66. The first-order chi connectivity index (χ1) is 18.4. The highest BCUT2D eigenvalue weighted by molar-refractivity contribution is 7.92. The van der Waals surface area contributed by atoms with E-state index in [-0.39, 0.29) is 23.0 Å². The van der Waals surface area contributed by atoms with Gasteiger partial charge in [-0.1, -0.05) is 25.1 Å². The molecule has 1 aliphatic heterocycles. The van der Waals surface area contributed by atoms with Gasteiger partial charge in [0.25, 0.3) is 15.7 Å². The Hall–Kier alpha value is -4.46. The fourth-order valence-corrected chi connectivity index (χ4v) is 5.36. The lowest BCUT2D eigenvalue weighted by Crippen LogP contribution is -2.39. The summed E-state index contributed by atoms with van der Waals surface area (Å²) in [6.07, 6.45) is 3.00. The first kappa shape index (κ1) is 26.2. The minimum atomic E-state index is -5.61. The Morgan fingerprint density at radius 3 is 2.26 bits per heavy atom. The van der Waals surface area contributed by atoms with E-state index in [1.54, 1.807) is 37.3 Å². The summed E-state index contributed by atoms with van der Waals surface area (Å²) in [5.74, 6) is -0.897. The molecule has 10 nitrogen and oxygen atoms in total. The molecule has 39 heavy (non-hydrogen) atoms. The normalized spacial score (nSPS) is 20.9. The van der Waals surface area contributed by atoms with Gasteiger partial charge in [0.1, 0.15) is 5.54 Å². The van der Waals surface area contributed by atoms with Crippen LogP contribution < -0.4 is 20.4 Å². The number of nitrogens with zero attached hydrogens (tertiary/aromatic N) is 3. The lowest BCUT2D eigenvalue weighted by atomic mass is 10.1. The number of hydrogen-bond donors (Lipinski definition) is 2. The predicted octanol–water partition coefficient (Wildman–Crippen LogP) is 4.77. The molecular weight excluding hydrogens is 539 g/mol. The van der Waals surface area contributed by atoms with Gasteiger partial charge in [-0.25, -0.2) is 22.9 Å². The van der Waals surface area contributed by atoms with E-state index >= 15 is 0 Å². The fraction of sp³-hybridized carbons (Fsp3) is 0.200. The molecule has 1 aromatic heterocycles. The summed E-state index contributed by atoms with van der Waals surface area (Å²) in [5.41, 5.74) is -6.05. The van der Waals surface area contributed by atoms with Crippen LogP contribution in [0.5, 0.6) is 0 Å². The third-order valence-corrected chi connectivity index (χ3v) is 8.16. The van der Waals surface area contributed by atoms with Gasteiger partial charge in [-0.3, -0.25) is 14.7 Å². The highest BCUT2D eigenvalue weighted by Gasteiger charge is 2.71. The smallest absolute Gasteiger partial charge is 0.308 e. The van der Waals surface area contributed by atoms with Crippen LogP contribution in [0, 0.1) is 5.92 Å². The monoisotopic (exact) mass is 559 g/mol. The summed E-state index contributed by atoms with van der Waals surface area (Å²) in [6, 6.07) is 12.0. The number of halogens is 3. The summed E-state index contributed by atoms with van der Waals surface area (Å²) in [6.45, 7) is 1.76. The number of aromatic nitrogens is 1.